The molecule has 3 aromatic carbocycles. The minimum absolute atomic E-state index is 0.0444. The number of rotatable bonds is 2. The first-order valence-electron chi connectivity index (χ1n) is 8.46. The van der Waals surface area contributed by atoms with E-state index in [1.54, 1.807) is 7.11 Å². The van der Waals surface area contributed by atoms with Crippen LogP contribution >= 0.6 is 0 Å². The van der Waals surface area contributed by atoms with Crippen LogP contribution in [-0.2, 0) is 0 Å². The van der Waals surface area contributed by atoms with Gasteiger partial charge in [-0.3, -0.25) is 4.79 Å². The van der Waals surface area contributed by atoms with Gasteiger partial charge in [0.15, 0.2) is 5.78 Å². The zero-order valence-electron chi connectivity index (χ0n) is 13.9. The van der Waals surface area contributed by atoms with E-state index in [1.807, 2.05) is 30.3 Å². The highest BCUT2D eigenvalue weighted by Crippen LogP contribution is 2.41. The molecule has 1 unspecified atom stereocenters. The number of methoxy groups -OCH3 is 1. The topological polar surface area (TPSA) is 38.3 Å². The molecule has 1 atom stereocenters. The molecule has 0 fully saturated rings. The zero-order valence-corrected chi connectivity index (χ0v) is 13.9. The first-order valence-corrected chi connectivity index (χ1v) is 8.46. The number of carbonyl (C=O) groups excluding carboxylic acids is 1. The summed E-state index contributed by atoms with van der Waals surface area (Å²) in [6, 6.07) is 16.1. The van der Waals surface area contributed by atoms with Crippen molar-refractivity contribution in [1.82, 2.24) is 0 Å². The summed E-state index contributed by atoms with van der Waals surface area (Å²) in [6.07, 6.45) is 4.68. The predicted molar refractivity (Wildman–Crippen MR) is 101 cm³/mol. The Balaban J connectivity index is 1.66. The second-order valence-electron chi connectivity index (χ2n) is 6.59. The fourth-order valence-corrected chi connectivity index (χ4v) is 3.93. The Bertz CT molecular complexity index is 1040. The molecule has 0 amide bonds. The molecule has 0 bridgehead atoms. The Morgan fingerprint density at radius 2 is 1.64 bits per heavy atom. The van der Waals surface area contributed by atoms with Gasteiger partial charge in [-0.1, -0.05) is 42.5 Å². The number of ketones is 1. The molecule has 25 heavy (non-hydrogen) atoms. The van der Waals surface area contributed by atoms with E-state index in [9.17, 15) is 4.79 Å². The van der Waals surface area contributed by atoms with Crippen LogP contribution in [0.2, 0.25) is 0 Å². The number of benzene rings is 3. The van der Waals surface area contributed by atoms with Gasteiger partial charge in [0.25, 0.3) is 0 Å². The molecular weight excluding hydrogens is 310 g/mol. The van der Waals surface area contributed by atoms with E-state index < -0.39 is 0 Å². The van der Waals surface area contributed by atoms with Crippen molar-refractivity contribution in [2.45, 2.75) is 12.5 Å². The SMILES string of the molecule is COc1ccc(C2CC(=O)c3ccc4c5c(ccc(c35)N2)C=C4)cc1. The average Bonchev–Trinajstić information content (AvgIpc) is 3.01. The Morgan fingerprint density at radius 1 is 0.920 bits per heavy atom. The summed E-state index contributed by atoms with van der Waals surface area (Å²) in [4.78, 5) is 13.0. The van der Waals surface area contributed by atoms with Crippen molar-refractivity contribution in [3.8, 4) is 5.75 Å². The van der Waals surface area contributed by atoms with Gasteiger partial charge in [0.2, 0.25) is 0 Å². The molecule has 0 saturated carbocycles. The molecular formula is C22H17NO2. The van der Waals surface area contributed by atoms with E-state index in [4.69, 9.17) is 4.74 Å². The zero-order chi connectivity index (χ0) is 17.0. The molecule has 0 saturated heterocycles. The van der Waals surface area contributed by atoms with Crippen molar-refractivity contribution in [3.05, 3.63) is 70.8 Å². The Hall–Kier alpha value is -3.07. The normalized spacial score (nSPS) is 17.5. The van der Waals surface area contributed by atoms with Gasteiger partial charge in [0.1, 0.15) is 5.75 Å². The number of hydrogen-bond donors (Lipinski definition) is 1. The fourth-order valence-electron chi connectivity index (χ4n) is 3.93. The predicted octanol–water partition coefficient (Wildman–Crippen LogP) is 5.07. The molecule has 1 heterocycles. The number of Topliss-reactive ketones (excluding diaryl/α,β-unsaturated/α-hetero) is 1. The first-order chi connectivity index (χ1) is 12.2. The van der Waals surface area contributed by atoms with Gasteiger partial charge < -0.3 is 10.1 Å². The Labute approximate surface area is 145 Å². The highest BCUT2D eigenvalue weighted by molar-refractivity contribution is 6.19. The maximum absolute atomic E-state index is 13.0. The summed E-state index contributed by atoms with van der Waals surface area (Å²) in [5.74, 6) is 1.00. The lowest BCUT2D eigenvalue weighted by atomic mass is 9.94. The maximum atomic E-state index is 13.0. The van der Waals surface area contributed by atoms with Crippen LogP contribution in [-0.4, -0.2) is 12.9 Å². The Kier molecular flexibility index (Phi) is 2.98. The number of nitrogens with one attached hydrogen (secondary N) is 1. The van der Waals surface area contributed by atoms with Gasteiger partial charge in [-0.15, -0.1) is 0 Å². The van der Waals surface area contributed by atoms with E-state index in [0.717, 1.165) is 28.0 Å². The lowest BCUT2D eigenvalue weighted by molar-refractivity contribution is 0.0979. The molecule has 0 aromatic heterocycles. The van der Waals surface area contributed by atoms with Crippen molar-refractivity contribution >= 4 is 34.4 Å². The summed E-state index contributed by atoms with van der Waals surface area (Å²) >= 11 is 0. The number of anilines is 1. The van der Waals surface area contributed by atoms with Crippen LogP contribution in [0.4, 0.5) is 5.69 Å². The lowest BCUT2D eigenvalue weighted by Crippen LogP contribution is -2.12. The molecule has 0 radical (unpaired) electrons. The quantitative estimate of drug-likeness (QED) is 0.558. The van der Waals surface area contributed by atoms with Crippen molar-refractivity contribution in [2.75, 3.05) is 12.4 Å². The largest absolute Gasteiger partial charge is 0.497 e. The van der Waals surface area contributed by atoms with Gasteiger partial charge >= 0.3 is 0 Å². The molecule has 3 heteroatoms. The van der Waals surface area contributed by atoms with Crippen molar-refractivity contribution in [1.29, 1.82) is 0 Å². The number of carbonyl (C=O) groups is 1. The van der Waals surface area contributed by atoms with E-state index in [1.165, 1.54) is 16.5 Å². The molecule has 1 aliphatic carbocycles. The molecule has 3 aromatic rings. The third-order valence-electron chi connectivity index (χ3n) is 5.21. The van der Waals surface area contributed by atoms with Crippen LogP contribution in [0, 0.1) is 0 Å². The van der Waals surface area contributed by atoms with Crippen LogP contribution in [0.15, 0.2) is 48.5 Å². The number of ether oxygens (including phenoxy) is 1. The van der Waals surface area contributed by atoms with Crippen LogP contribution in [0.5, 0.6) is 5.75 Å². The molecule has 1 aliphatic heterocycles. The fraction of sp³-hybridized carbons (Fsp3) is 0.136. The van der Waals surface area contributed by atoms with Gasteiger partial charge in [0.05, 0.1) is 13.2 Å². The van der Waals surface area contributed by atoms with E-state index >= 15 is 0 Å². The summed E-state index contributed by atoms with van der Waals surface area (Å²) in [6.45, 7) is 0. The summed E-state index contributed by atoms with van der Waals surface area (Å²) in [5.41, 5.74) is 5.32. The average molecular weight is 327 g/mol. The highest BCUT2D eigenvalue weighted by Gasteiger charge is 2.26. The smallest absolute Gasteiger partial charge is 0.165 e. The first kappa shape index (κ1) is 14.3. The van der Waals surface area contributed by atoms with Crippen molar-refractivity contribution in [3.63, 3.8) is 0 Å². The summed E-state index contributed by atoms with van der Waals surface area (Å²) in [5, 5.41) is 5.84. The van der Waals surface area contributed by atoms with Gasteiger partial charge in [-0.05, 0) is 40.3 Å². The maximum Gasteiger partial charge on any atom is 0.165 e. The standard InChI is InChI=1S/C22H17NO2/c1-25-16-8-4-13(5-9-16)19-12-20(24)17-10-6-14-2-3-15-7-11-18(23-19)22(17)21(14)15/h2-11,19,23H,12H2,1H3. The van der Waals surface area contributed by atoms with E-state index in [0.29, 0.717) is 6.42 Å². The molecule has 122 valence electrons. The van der Waals surface area contributed by atoms with Crippen LogP contribution in [0.3, 0.4) is 0 Å². The van der Waals surface area contributed by atoms with Crippen molar-refractivity contribution in [2.24, 2.45) is 0 Å². The second kappa shape index (κ2) is 5.21. The molecule has 3 nitrogen and oxygen atoms in total. The third kappa shape index (κ3) is 2.09. The van der Waals surface area contributed by atoms with Crippen LogP contribution < -0.4 is 10.1 Å². The minimum atomic E-state index is -0.0444. The van der Waals surface area contributed by atoms with Crippen LogP contribution in [0.1, 0.15) is 39.5 Å². The molecule has 5 rings (SSSR count). The monoisotopic (exact) mass is 327 g/mol. The summed E-state index contributed by atoms with van der Waals surface area (Å²) in [7, 11) is 1.66. The van der Waals surface area contributed by atoms with Gasteiger partial charge in [-0.2, -0.15) is 0 Å². The van der Waals surface area contributed by atoms with Crippen LogP contribution in [0.25, 0.3) is 22.9 Å². The Morgan fingerprint density at radius 3 is 2.36 bits per heavy atom. The molecule has 0 spiro atoms. The van der Waals surface area contributed by atoms with E-state index in [2.05, 4.69) is 35.7 Å². The van der Waals surface area contributed by atoms with E-state index in [-0.39, 0.29) is 11.8 Å². The molecule has 1 N–H and O–H groups in total. The van der Waals surface area contributed by atoms with Gasteiger partial charge in [0, 0.05) is 23.1 Å². The second-order valence-corrected chi connectivity index (χ2v) is 6.59. The summed E-state index contributed by atoms with van der Waals surface area (Å²) < 4.78 is 5.24. The van der Waals surface area contributed by atoms with Gasteiger partial charge in [-0.25, -0.2) is 0 Å². The minimum Gasteiger partial charge on any atom is -0.497 e. The third-order valence-corrected chi connectivity index (χ3v) is 5.21. The molecule has 2 aliphatic rings. The van der Waals surface area contributed by atoms with Crippen molar-refractivity contribution < 1.29 is 9.53 Å². The highest BCUT2D eigenvalue weighted by atomic mass is 16.5. The lowest BCUT2D eigenvalue weighted by Gasteiger charge is -2.18. The number of hydrogen-bond acceptors (Lipinski definition) is 3.